The van der Waals surface area contributed by atoms with Crippen LogP contribution in [0.5, 0.6) is 5.88 Å². The molecule has 3 aromatic heterocycles. The van der Waals surface area contributed by atoms with E-state index < -0.39 is 0 Å². The first-order chi connectivity index (χ1) is 15.7. The summed E-state index contributed by atoms with van der Waals surface area (Å²) in [6.07, 6.45) is 5.65. The minimum Gasteiger partial charge on any atom is -0.477 e. The number of H-pyrrole nitrogens is 1. The van der Waals surface area contributed by atoms with Gasteiger partial charge in [0.25, 0.3) is 5.91 Å². The lowest BCUT2D eigenvalue weighted by Gasteiger charge is -2.39. The number of ether oxygens (including phenoxy) is 1. The van der Waals surface area contributed by atoms with Crippen molar-refractivity contribution in [2.75, 3.05) is 13.2 Å². The van der Waals surface area contributed by atoms with E-state index in [0.717, 1.165) is 12.0 Å². The highest BCUT2D eigenvalue weighted by atomic mass is 16.5. The highest BCUT2D eigenvalue weighted by Crippen LogP contribution is 2.35. The number of carbonyl (C=O) groups is 1. The third-order valence-corrected chi connectivity index (χ3v) is 5.41. The second kappa shape index (κ2) is 8.22. The Hall–Kier alpha value is -4.08. The molecule has 4 aromatic rings. The lowest BCUT2D eigenvalue weighted by Crippen LogP contribution is -2.46. The Labute approximate surface area is 184 Å². The number of nitrogens with zero attached hydrogens (tertiary/aromatic N) is 7. The maximum Gasteiger partial charge on any atom is 0.256 e. The van der Waals surface area contributed by atoms with Crippen molar-refractivity contribution < 1.29 is 9.53 Å². The number of pyridine rings is 1. The molecule has 1 aromatic carbocycles. The van der Waals surface area contributed by atoms with Crippen LogP contribution in [0.15, 0.2) is 48.9 Å². The zero-order valence-electron chi connectivity index (χ0n) is 17.8. The van der Waals surface area contributed by atoms with Crippen LogP contribution in [0.4, 0.5) is 0 Å². The fourth-order valence-corrected chi connectivity index (χ4v) is 3.76. The first-order valence-electron chi connectivity index (χ1n) is 10.4. The van der Waals surface area contributed by atoms with Crippen LogP contribution in [0.25, 0.3) is 17.1 Å². The average molecular weight is 430 g/mol. The van der Waals surface area contributed by atoms with Crippen LogP contribution in [-0.4, -0.2) is 59.1 Å². The van der Waals surface area contributed by atoms with Crippen LogP contribution in [0, 0.1) is 6.92 Å². The van der Waals surface area contributed by atoms with Crippen LogP contribution in [0.3, 0.4) is 0 Å². The van der Waals surface area contributed by atoms with E-state index in [2.05, 4.69) is 30.4 Å². The topological polar surface area (TPSA) is 115 Å². The standard InChI is InChI=1S/C22H22N8O2/c1-3-32-21-15(5-4-9-23-21)19-26-20(28-27-19)18-8-12-29(18)22(31)16-13-14(2)6-7-17(16)30-24-10-11-25-30/h4-7,9-11,13,18H,3,8,12H2,1-2H3,(H,26,27,28)/t18-/m0/s1. The van der Waals surface area contributed by atoms with Gasteiger partial charge in [0.2, 0.25) is 5.88 Å². The monoisotopic (exact) mass is 430 g/mol. The van der Waals surface area contributed by atoms with Crippen molar-refractivity contribution in [1.82, 2.24) is 40.1 Å². The van der Waals surface area contributed by atoms with E-state index in [0.29, 0.717) is 47.5 Å². The molecule has 0 aliphatic carbocycles. The number of amides is 1. The van der Waals surface area contributed by atoms with Gasteiger partial charge in [0.05, 0.1) is 41.9 Å². The number of hydrogen-bond acceptors (Lipinski definition) is 7. The Kier molecular flexibility index (Phi) is 5.10. The van der Waals surface area contributed by atoms with Crippen molar-refractivity contribution in [2.24, 2.45) is 0 Å². The molecule has 1 fully saturated rings. The molecule has 0 saturated carbocycles. The van der Waals surface area contributed by atoms with E-state index in [-0.39, 0.29) is 11.9 Å². The van der Waals surface area contributed by atoms with Gasteiger partial charge in [-0.05, 0) is 44.5 Å². The minimum absolute atomic E-state index is 0.0911. The molecule has 1 amide bonds. The number of aromatic nitrogens is 7. The Bertz CT molecular complexity index is 1250. The molecule has 1 aliphatic rings. The summed E-state index contributed by atoms with van der Waals surface area (Å²) in [5.74, 6) is 1.52. The molecule has 0 unspecified atom stereocenters. The van der Waals surface area contributed by atoms with Gasteiger partial charge in [0.15, 0.2) is 5.82 Å². The van der Waals surface area contributed by atoms with Gasteiger partial charge in [0, 0.05) is 12.7 Å². The molecular weight excluding hydrogens is 408 g/mol. The zero-order chi connectivity index (χ0) is 22.1. The fraction of sp³-hybridized carbons (Fsp3) is 0.273. The molecule has 0 bridgehead atoms. The molecule has 10 heteroatoms. The molecule has 1 aliphatic heterocycles. The Morgan fingerprint density at radius 1 is 1.22 bits per heavy atom. The van der Waals surface area contributed by atoms with Gasteiger partial charge < -0.3 is 9.64 Å². The molecule has 4 heterocycles. The fourth-order valence-electron chi connectivity index (χ4n) is 3.76. The molecule has 10 nitrogen and oxygen atoms in total. The predicted octanol–water partition coefficient (Wildman–Crippen LogP) is 2.74. The molecular formula is C22H22N8O2. The molecule has 5 rings (SSSR count). The molecule has 0 radical (unpaired) electrons. The zero-order valence-corrected chi connectivity index (χ0v) is 17.8. The highest BCUT2D eigenvalue weighted by Gasteiger charge is 2.37. The molecule has 32 heavy (non-hydrogen) atoms. The summed E-state index contributed by atoms with van der Waals surface area (Å²) in [6, 6.07) is 9.17. The molecule has 0 spiro atoms. The summed E-state index contributed by atoms with van der Waals surface area (Å²) >= 11 is 0. The number of hydrogen-bond donors (Lipinski definition) is 1. The van der Waals surface area contributed by atoms with Crippen molar-refractivity contribution in [3.63, 3.8) is 0 Å². The molecule has 1 saturated heterocycles. The lowest BCUT2D eigenvalue weighted by atomic mass is 9.99. The Morgan fingerprint density at radius 2 is 2.06 bits per heavy atom. The van der Waals surface area contributed by atoms with Crippen molar-refractivity contribution in [2.45, 2.75) is 26.3 Å². The molecule has 1 N–H and O–H groups in total. The summed E-state index contributed by atoms with van der Waals surface area (Å²) in [6.45, 7) is 4.99. The third-order valence-electron chi connectivity index (χ3n) is 5.41. The number of aromatic amines is 1. The van der Waals surface area contributed by atoms with Gasteiger partial charge >= 0.3 is 0 Å². The first-order valence-corrected chi connectivity index (χ1v) is 10.4. The maximum absolute atomic E-state index is 13.5. The van der Waals surface area contributed by atoms with Gasteiger partial charge in [-0.15, -0.1) is 0 Å². The quantitative estimate of drug-likeness (QED) is 0.500. The number of nitrogens with one attached hydrogen (secondary N) is 1. The molecule has 1 atom stereocenters. The van der Waals surface area contributed by atoms with E-state index in [1.807, 2.05) is 44.2 Å². The second-order valence-electron chi connectivity index (χ2n) is 7.48. The van der Waals surface area contributed by atoms with Crippen LogP contribution >= 0.6 is 0 Å². The van der Waals surface area contributed by atoms with Gasteiger partial charge in [-0.25, -0.2) is 9.97 Å². The minimum atomic E-state index is -0.185. The summed E-state index contributed by atoms with van der Waals surface area (Å²) in [4.78, 5) is 25.6. The average Bonchev–Trinajstić information content (AvgIpc) is 3.46. The molecule has 162 valence electrons. The van der Waals surface area contributed by atoms with E-state index in [1.54, 1.807) is 23.5 Å². The van der Waals surface area contributed by atoms with Crippen LogP contribution in [-0.2, 0) is 0 Å². The van der Waals surface area contributed by atoms with Crippen molar-refractivity contribution in [3.05, 3.63) is 65.9 Å². The lowest BCUT2D eigenvalue weighted by molar-refractivity contribution is 0.0441. The van der Waals surface area contributed by atoms with Crippen LogP contribution in [0.1, 0.15) is 41.1 Å². The third kappa shape index (κ3) is 3.49. The number of aryl methyl sites for hydroxylation is 1. The van der Waals surface area contributed by atoms with Gasteiger partial charge in [-0.1, -0.05) is 11.6 Å². The number of benzene rings is 1. The second-order valence-corrected chi connectivity index (χ2v) is 7.48. The SMILES string of the molecule is CCOc1ncccc1-c1n[nH]c([C@@H]2CCN2C(=O)c2cc(C)ccc2-n2nccn2)n1. The van der Waals surface area contributed by atoms with E-state index in [9.17, 15) is 4.79 Å². The highest BCUT2D eigenvalue weighted by molar-refractivity contribution is 5.98. The number of rotatable bonds is 6. The van der Waals surface area contributed by atoms with Crippen LogP contribution in [0.2, 0.25) is 0 Å². The first kappa shape index (κ1) is 19.9. The van der Waals surface area contributed by atoms with Crippen molar-refractivity contribution in [3.8, 4) is 23.0 Å². The van der Waals surface area contributed by atoms with Gasteiger partial charge in [0.1, 0.15) is 5.82 Å². The smallest absolute Gasteiger partial charge is 0.256 e. The van der Waals surface area contributed by atoms with Crippen LogP contribution < -0.4 is 4.74 Å². The van der Waals surface area contributed by atoms with Gasteiger partial charge in [-0.2, -0.15) is 20.1 Å². The number of likely N-dealkylation sites (tertiary alicyclic amines) is 1. The predicted molar refractivity (Wildman–Crippen MR) is 115 cm³/mol. The van der Waals surface area contributed by atoms with E-state index >= 15 is 0 Å². The summed E-state index contributed by atoms with van der Waals surface area (Å²) in [5, 5.41) is 15.7. The Balaban J connectivity index is 1.43. The Morgan fingerprint density at radius 3 is 2.81 bits per heavy atom. The normalized spacial score (nSPS) is 15.4. The van der Waals surface area contributed by atoms with Crippen molar-refractivity contribution in [1.29, 1.82) is 0 Å². The largest absolute Gasteiger partial charge is 0.477 e. The van der Waals surface area contributed by atoms with E-state index in [1.165, 1.54) is 4.80 Å². The maximum atomic E-state index is 13.5. The summed E-state index contributed by atoms with van der Waals surface area (Å²) < 4.78 is 5.59. The van der Waals surface area contributed by atoms with Gasteiger partial charge in [-0.3, -0.25) is 9.89 Å². The summed E-state index contributed by atoms with van der Waals surface area (Å²) in [5.41, 5.74) is 2.89. The van der Waals surface area contributed by atoms with Crippen molar-refractivity contribution >= 4 is 5.91 Å². The number of carbonyl (C=O) groups excluding carboxylic acids is 1. The van der Waals surface area contributed by atoms with E-state index in [4.69, 9.17) is 4.74 Å². The summed E-state index contributed by atoms with van der Waals surface area (Å²) in [7, 11) is 0.